The van der Waals surface area contributed by atoms with E-state index < -0.39 is 12.6 Å². The van der Waals surface area contributed by atoms with Gasteiger partial charge in [-0.25, -0.2) is 9.78 Å². The van der Waals surface area contributed by atoms with Crippen molar-refractivity contribution in [2.24, 2.45) is 0 Å². The molecule has 2 rings (SSSR count). The average Bonchev–Trinajstić information content (AvgIpc) is 2.99. The van der Waals surface area contributed by atoms with Crippen LogP contribution in [0.1, 0.15) is 38.3 Å². The van der Waals surface area contributed by atoms with Crippen LogP contribution in [-0.4, -0.2) is 28.6 Å². The lowest BCUT2D eigenvalue weighted by molar-refractivity contribution is -0.139. The number of aryl methyl sites for hydroxylation is 3. The standard InChI is InChI=1S/C17H20N2O4S/c1-4-13-7-18-14(24-13)8-19-17(22)12-5-10(2)16(11(3)6-12)23-9-15(20)21/h5-7H,4,8-9H2,1-3H3,(H,19,22)(H,20,21). The van der Waals surface area contributed by atoms with Gasteiger partial charge in [0.05, 0.1) is 6.54 Å². The van der Waals surface area contributed by atoms with Gasteiger partial charge in [-0.05, 0) is 43.5 Å². The number of carbonyl (C=O) groups excluding carboxylic acids is 1. The van der Waals surface area contributed by atoms with Gasteiger partial charge < -0.3 is 15.2 Å². The molecule has 2 aromatic rings. The van der Waals surface area contributed by atoms with Gasteiger partial charge in [-0.1, -0.05) is 6.92 Å². The zero-order valence-electron chi connectivity index (χ0n) is 13.9. The van der Waals surface area contributed by atoms with E-state index in [0.717, 1.165) is 22.6 Å². The topological polar surface area (TPSA) is 88.5 Å². The smallest absolute Gasteiger partial charge is 0.341 e. The normalized spacial score (nSPS) is 10.5. The fraction of sp³-hybridized carbons (Fsp3) is 0.353. The van der Waals surface area contributed by atoms with Gasteiger partial charge >= 0.3 is 5.97 Å². The number of amides is 1. The predicted octanol–water partition coefficient (Wildman–Crippen LogP) is 2.72. The molecule has 0 aliphatic carbocycles. The van der Waals surface area contributed by atoms with Gasteiger partial charge in [0, 0.05) is 16.6 Å². The maximum atomic E-state index is 12.3. The molecule has 0 saturated carbocycles. The lowest BCUT2D eigenvalue weighted by Gasteiger charge is -2.12. The van der Waals surface area contributed by atoms with Crippen molar-refractivity contribution in [1.82, 2.24) is 10.3 Å². The summed E-state index contributed by atoms with van der Waals surface area (Å²) in [6.45, 7) is 5.62. The summed E-state index contributed by atoms with van der Waals surface area (Å²) in [5.41, 5.74) is 1.97. The minimum atomic E-state index is -1.04. The zero-order valence-corrected chi connectivity index (χ0v) is 14.7. The van der Waals surface area contributed by atoms with Gasteiger partial charge in [0.1, 0.15) is 10.8 Å². The molecule has 0 fully saturated rings. The monoisotopic (exact) mass is 348 g/mol. The number of benzene rings is 1. The lowest BCUT2D eigenvalue weighted by Crippen LogP contribution is -2.23. The number of carbonyl (C=O) groups is 2. The fourth-order valence-corrected chi connectivity index (χ4v) is 3.10. The Kier molecular flexibility index (Phi) is 5.92. The number of hydrogen-bond donors (Lipinski definition) is 2. The van der Waals surface area contributed by atoms with Crippen molar-refractivity contribution in [3.05, 3.63) is 44.9 Å². The van der Waals surface area contributed by atoms with Crippen LogP contribution >= 0.6 is 11.3 Å². The molecule has 0 bridgehead atoms. The Hall–Kier alpha value is -2.41. The van der Waals surface area contributed by atoms with Crippen molar-refractivity contribution in [2.75, 3.05) is 6.61 Å². The van der Waals surface area contributed by atoms with E-state index in [4.69, 9.17) is 9.84 Å². The highest BCUT2D eigenvalue weighted by atomic mass is 32.1. The maximum Gasteiger partial charge on any atom is 0.341 e. The fourth-order valence-electron chi connectivity index (χ4n) is 2.29. The first-order valence-electron chi connectivity index (χ1n) is 7.58. The molecular weight excluding hydrogens is 328 g/mol. The maximum absolute atomic E-state index is 12.3. The highest BCUT2D eigenvalue weighted by Gasteiger charge is 2.13. The van der Waals surface area contributed by atoms with E-state index in [1.165, 1.54) is 4.88 Å². The quantitative estimate of drug-likeness (QED) is 0.803. The second-order valence-corrected chi connectivity index (χ2v) is 6.58. The molecule has 0 spiro atoms. The van der Waals surface area contributed by atoms with Crippen LogP contribution in [0.2, 0.25) is 0 Å². The first-order valence-corrected chi connectivity index (χ1v) is 8.40. The zero-order chi connectivity index (χ0) is 17.7. The molecule has 0 saturated heterocycles. The molecule has 7 heteroatoms. The number of nitrogens with one attached hydrogen (secondary N) is 1. The number of aromatic nitrogens is 1. The van der Waals surface area contributed by atoms with Crippen LogP contribution in [0.4, 0.5) is 0 Å². The summed E-state index contributed by atoms with van der Waals surface area (Å²) >= 11 is 1.59. The third kappa shape index (κ3) is 4.55. The van der Waals surface area contributed by atoms with Crippen molar-refractivity contribution in [3.8, 4) is 5.75 Å². The van der Waals surface area contributed by atoms with Gasteiger partial charge in [0.25, 0.3) is 5.91 Å². The third-order valence-electron chi connectivity index (χ3n) is 3.41. The van der Waals surface area contributed by atoms with Crippen molar-refractivity contribution < 1.29 is 19.4 Å². The lowest BCUT2D eigenvalue weighted by atomic mass is 10.1. The molecule has 0 aliphatic heterocycles. The summed E-state index contributed by atoms with van der Waals surface area (Å²) in [6.07, 6.45) is 2.76. The summed E-state index contributed by atoms with van der Waals surface area (Å²) < 4.78 is 5.27. The number of thiazole rings is 1. The predicted molar refractivity (Wildman–Crippen MR) is 91.7 cm³/mol. The molecular formula is C17H20N2O4S. The number of ether oxygens (including phenoxy) is 1. The molecule has 0 aliphatic rings. The summed E-state index contributed by atoms with van der Waals surface area (Å²) in [6, 6.07) is 3.39. The number of hydrogen-bond acceptors (Lipinski definition) is 5. The van der Waals surface area contributed by atoms with Crippen molar-refractivity contribution in [1.29, 1.82) is 0 Å². The van der Waals surface area contributed by atoms with Crippen LogP contribution in [0.5, 0.6) is 5.75 Å². The summed E-state index contributed by atoms with van der Waals surface area (Å²) in [5.74, 6) is -0.730. The van der Waals surface area contributed by atoms with Gasteiger partial charge in [0.15, 0.2) is 6.61 Å². The molecule has 1 aromatic heterocycles. The van der Waals surface area contributed by atoms with Crippen molar-refractivity contribution in [2.45, 2.75) is 33.7 Å². The Labute approximate surface area is 144 Å². The Bertz CT molecular complexity index is 732. The Balaban J connectivity index is 2.05. The van der Waals surface area contributed by atoms with Gasteiger partial charge in [-0.2, -0.15) is 0 Å². The second-order valence-electron chi connectivity index (χ2n) is 5.38. The van der Waals surface area contributed by atoms with E-state index in [2.05, 4.69) is 17.2 Å². The molecule has 0 unspecified atom stereocenters. The van der Waals surface area contributed by atoms with E-state index in [1.54, 1.807) is 37.3 Å². The van der Waals surface area contributed by atoms with Crippen LogP contribution < -0.4 is 10.1 Å². The van der Waals surface area contributed by atoms with Crippen molar-refractivity contribution in [3.63, 3.8) is 0 Å². The van der Waals surface area contributed by atoms with Crippen molar-refractivity contribution >= 4 is 23.2 Å². The second kappa shape index (κ2) is 7.92. The number of carboxylic acid groups (broad SMARTS) is 1. The van der Waals surface area contributed by atoms with E-state index in [9.17, 15) is 9.59 Å². The van der Waals surface area contributed by atoms with Gasteiger partial charge in [0.2, 0.25) is 0 Å². The molecule has 2 N–H and O–H groups in total. The molecule has 128 valence electrons. The van der Waals surface area contributed by atoms with E-state index in [0.29, 0.717) is 17.9 Å². The van der Waals surface area contributed by atoms with E-state index >= 15 is 0 Å². The highest BCUT2D eigenvalue weighted by Crippen LogP contribution is 2.25. The van der Waals surface area contributed by atoms with E-state index in [-0.39, 0.29) is 5.91 Å². The average molecular weight is 348 g/mol. The number of nitrogens with zero attached hydrogens (tertiary/aromatic N) is 1. The molecule has 1 aromatic carbocycles. The van der Waals surface area contributed by atoms with Gasteiger partial charge in [-0.3, -0.25) is 4.79 Å². The Morgan fingerprint density at radius 2 is 1.96 bits per heavy atom. The van der Waals surface area contributed by atoms with Crippen LogP contribution in [0.15, 0.2) is 18.3 Å². The summed E-state index contributed by atoms with van der Waals surface area (Å²) in [4.78, 5) is 28.4. The van der Waals surface area contributed by atoms with Crippen LogP contribution in [0.25, 0.3) is 0 Å². The molecule has 24 heavy (non-hydrogen) atoms. The minimum Gasteiger partial charge on any atom is -0.481 e. The third-order valence-corrected chi connectivity index (χ3v) is 4.55. The number of carboxylic acids is 1. The molecule has 6 nitrogen and oxygen atoms in total. The molecule has 0 atom stereocenters. The molecule has 0 radical (unpaired) electrons. The first kappa shape index (κ1) is 17.9. The number of rotatable bonds is 7. The highest BCUT2D eigenvalue weighted by molar-refractivity contribution is 7.11. The molecule has 1 heterocycles. The molecule has 1 amide bonds. The SMILES string of the molecule is CCc1cnc(CNC(=O)c2cc(C)c(OCC(=O)O)c(C)c2)s1. The Morgan fingerprint density at radius 1 is 1.29 bits per heavy atom. The first-order chi connectivity index (χ1) is 11.4. The van der Waals surface area contributed by atoms with Gasteiger partial charge in [-0.15, -0.1) is 11.3 Å². The van der Waals surface area contributed by atoms with E-state index in [1.807, 2.05) is 6.20 Å². The summed E-state index contributed by atoms with van der Waals surface area (Å²) in [5, 5.41) is 12.4. The van der Waals surface area contributed by atoms with Crippen LogP contribution in [0.3, 0.4) is 0 Å². The number of aliphatic carboxylic acids is 1. The minimum absolute atomic E-state index is 0.195. The van der Waals surface area contributed by atoms with Crippen LogP contribution in [-0.2, 0) is 17.8 Å². The Morgan fingerprint density at radius 3 is 2.50 bits per heavy atom. The largest absolute Gasteiger partial charge is 0.481 e. The van der Waals surface area contributed by atoms with Crippen LogP contribution in [0, 0.1) is 13.8 Å². The summed E-state index contributed by atoms with van der Waals surface area (Å²) in [7, 11) is 0.